The molecule has 2 amide bonds. The topological polar surface area (TPSA) is 79.0 Å². The average molecular weight is 393 g/mol. The van der Waals surface area contributed by atoms with Crippen molar-refractivity contribution in [2.45, 2.75) is 51.2 Å². The Morgan fingerprint density at radius 1 is 1.07 bits per heavy atom. The van der Waals surface area contributed by atoms with Crippen LogP contribution in [0.4, 0.5) is 4.79 Å². The number of urea groups is 1. The molecule has 0 saturated heterocycles. The maximum atomic E-state index is 12.1. The predicted octanol–water partition coefficient (Wildman–Crippen LogP) is 4.32. The molecule has 1 aliphatic rings. The largest absolute Gasteiger partial charge is 0.490 e. The van der Waals surface area contributed by atoms with Crippen molar-refractivity contribution in [1.29, 1.82) is 0 Å². The van der Waals surface area contributed by atoms with Crippen LogP contribution < -0.4 is 15.4 Å². The molecule has 0 bridgehead atoms. The zero-order chi connectivity index (χ0) is 19.9. The van der Waals surface area contributed by atoms with Crippen LogP contribution in [0, 0.1) is 0 Å². The Morgan fingerprint density at radius 2 is 1.93 bits per heavy atom. The van der Waals surface area contributed by atoms with Crippen LogP contribution in [0.1, 0.15) is 43.5 Å². The fourth-order valence-electron chi connectivity index (χ4n) is 3.77. The zero-order valence-electron chi connectivity index (χ0n) is 16.6. The second kappa shape index (κ2) is 9.45. The molecule has 1 aliphatic carbocycles. The van der Waals surface area contributed by atoms with E-state index in [4.69, 9.17) is 4.74 Å². The number of rotatable bonds is 7. The van der Waals surface area contributed by atoms with Crippen LogP contribution in [0.3, 0.4) is 0 Å². The number of nitrogens with one attached hydrogen (secondary N) is 3. The average Bonchev–Trinajstić information content (AvgIpc) is 3.16. The molecule has 1 saturated carbocycles. The highest BCUT2D eigenvalue weighted by atomic mass is 16.5. The van der Waals surface area contributed by atoms with Crippen LogP contribution in [0.5, 0.6) is 5.75 Å². The van der Waals surface area contributed by atoms with Gasteiger partial charge in [-0.15, -0.1) is 0 Å². The highest BCUT2D eigenvalue weighted by Gasteiger charge is 2.14. The van der Waals surface area contributed by atoms with Gasteiger partial charge in [0.25, 0.3) is 0 Å². The summed E-state index contributed by atoms with van der Waals surface area (Å²) in [6.07, 6.45) is 7.07. The van der Waals surface area contributed by atoms with Crippen molar-refractivity contribution >= 4 is 17.1 Å². The second-order valence-electron chi connectivity index (χ2n) is 7.59. The van der Waals surface area contributed by atoms with Gasteiger partial charge in [0.15, 0.2) is 0 Å². The van der Waals surface area contributed by atoms with E-state index in [1.807, 2.05) is 48.5 Å². The van der Waals surface area contributed by atoms with E-state index in [9.17, 15) is 4.79 Å². The number of aromatic nitrogens is 2. The van der Waals surface area contributed by atoms with Gasteiger partial charge in [-0.05, 0) is 55.5 Å². The molecule has 0 spiro atoms. The molecule has 2 aromatic carbocycles. The van der Waals surface area contributed by atoms with Gasteiger partial charge in [-0.2, -0.15) is 0 Å². The van der Waals surface area contributed by atoms with Crippen molar-refractivity contribution in [2.24, 2.45) is 0 Å². The Morgan fingerprint density at radius 3 is 2.79 bits per heavy atom. The van der Waals surface area contributed by atoms with E-state index in [0.717, 1.165) is 41.0 Å². The maximum Gasteiger partial charge on any atom is 0.315 e. The molecule has 6 nitrogen and oxygen atoms in total. The van der Waals surface area contributed by atoms with Crippen molar-refractivity contribution in [3.63, 3.8) is 0 Å². The summed E-state index contributed by atoms with van der Waals surface area (Å²) in [6, 6.07) is 15.7. The molecule has 0 radical (unpaired) electrons. The summed E-state index contributed by atoms with van der Waals surface area (Å²) in [7, 11) is 0. The smallest absolute Gasteiger partial charge is 0.315 e. The van der Waals surface area contributed by atoms with E-state index in [2.05, 4.69) is 20.6 Å². The maximum absolute atomic E-state index is 12.1. The summed E-state index contributed by atoms with van der Waals surface area (Å²) in [4.78, 5) is 19.9. The van der Waals surface area contributed by atoms with Gasteiger partial charge < -0.3 is 20.4 Å². The number of imidazole rings is 1. The lowest BCUT2D eigenvalue weighted by Gasteiger charge is -2.23. The van der Waals surface area contributed by atoms with Crippen molar-refractivity contribution in [3.05, 3.63) is 59.9 Å². The highest BCUT2D eigenvalue weighted by Crippen LogP contribution is 2.23. The van der Waals surface area contributed by atoms with Gasteiger partial charge in [-0.1, -0.05) is 30.7 Å². The van der Waals surface area contributed by atoms with Gasteiger partial charge >= 0.3 is 6.03 Å². The normalized spacial score (nSPS) is 14.6. The van der Waals surface area contributed by atoms with Crippen LogP contribution in [-0.2, 0) is 13.0 Å². The van der Waals surface area contributed by atoms with Crippen LogP contribution in [0.2, 0.25) is 0 Å². The van der Waals surface area contributed by atoms with Crippen molar-refractivity contribution in [1.82, 2.24) is 20.6 Å². The number of fused-ring (bicyclic) bond motifs is 1. The minimum absolute atomic E-state index is 0.181. The Labute approximate surface area is 171 Å². The molecule has 3 aromatic rings. The van der Waals surface area contributed by atoms with Crippen molar-refractivity contribution < 1.29 is 9.53 Å². The fourth-order valence-corrected chi connectivity index (χ4v) is 3.77. The number of benzene rings is 2. The van der Waals surface area contributed by atoms with Crippen LogP contribution in [0.25, 0.3) is 11.0 Å². The molecule has 0 aliphatic heterocycles. The first kappa shape index (κ1) is 19.3. The zero-order valence-corrected chi connectivity index (χ0v) is 16.6. The third-order valence-electron chi connectivity index (χ3n) is 5.29. The molecule has 29 heavy (non-hydrogen) atoms. The molecule has 152 valence electrons. The summed E-state index contributed by atoms with van der Waals surface area (Å²) in [6.45, 7) is 0.995. The first-order chi connectivity index (χ1) is 14.3. The second-order valence-corrected chi connectivity index (χ2v) is 7.59. The lowest BCUT2D eigenvalue weighted by Crippen LogP contribution is -2.36. The lowest BCUT2D eigenvalue weighted by molar-refractivity contribution is 0.155. The molecule has 1 fully saturated rings. The molecular weight excluding hydrogens is 364 g/mol. The van der Waals surface area contributed by atoms with E-state index in [-0.39, 0.29) is 6.03 Å². The third-order valence-corrected chi connectivity index (χ3v) is 5.29. The standard InChI is InChI=1S/C23H28N4O2/c28-23(24-14-13-22-26-20-11-4-5-12-21(20)27-22)25-16-17-7-6-10-19(15-17)29-18-8-2-1-3-9-18/h4-7,10-12,15,18H,1-3,8-9,13-14,16H2,(H,26,27)(H2,24,25,28). The predicted molar refractivity (Wildman–Crippen MR) is 114 cm³/mol. The van der Waals surface area contributed by atoms with Gasteiger partial charge in [-0.25, -0.2) is 9.78 Å². The fraction of sp³-hybridized carbons (Fsp3) is 0.391. The molecule has 6 heteroatoms. The van der Waals surface area contributed by atoms with Crippen LogP contribution in [-0.4, -0.2) is 28.6 Å². The van der Waals surface area contributed by atoms with Gasteiger partial charge in [0, 0.05) is 19.5 Å². The Hall–Kier alpha value is -3.02. The van der Waals surface area contributed by atoms with E-state index in [1.54, 1.807) is 0 Å². The molecule has 3 N–H and O–H groups in total. The van der Waals surface area contributed by atoms with Crippen LogP contribution in [0.15, 0.2) is 48.5 Å². The number of amides is 2. The van der Waals surface area contributed by atoms with Gasteiger partial charge in [0.05, 0.1) is 17.1 Å². The minimum Gasteiger partial charge on any atom is -0.490 e. The van der Waals surface area contributed by atoms with E-state index in [0.29, 0.717) is 25.6 Å². The van der Waals surface area contributed by atoms with E-state index in [1.165, 1.54) is 19.3 Å². The Bertz CT molecular complexity index is 914. The summed E-state index contributed by atoms with van der Waals surface area (Å²) in [5.41, 5.74) is 3.00. The Balaban J connectivity index is 1.20. The third kappa shape index (κ3) is 5.50. The lowest BCUT2D eigenvalue weighted by atomic mass is 9.98. The number of H-pyrrole nitrogens is 1. The number of hydrogen-bond donors (Lipinski definition) is 3. The van der Waals surface area contributed by atoms with E-state index >= 15 is 0 Å². The summed E-state index contributed by atoms with van der Waals surface area (Å²) < 4.78 is 6.10. The van der Waals surface area contributed by atoms with Gasteiger partial charge in [0.1, 0.15) is 11.6 Å². The number of ether oxygens (including phenoxy) is 1. The van der Waals surface area contributed by atoms with Gasteiger partial charge in [-0.3, -0.25) is 0 Å². The highest BCUT2D eigenvalue weighted by molar-refractivity contribution is 5.75. The number of para-hydroxylation sites is 2. The number of hydrogen-bond acceptors (Lipinski definition) is 3. The van der Waals surface area contributed by atoms with Crippen molar-refractivity contribution in [2.75, 3.05) is 6.54 Å². The van der Waals surface area contributed by atoms with E-state index < -0.39 is 0 Å². The van der Waals surface area contributed by atoms with Crippen molar-refractivity contribution in [3.8, 4) is 5.75 Å². The number of nitrogens with zero attached hydrogens (tertiary/aromatic N) is 1. The summed E-state index contributed by atoms with van der Waals surface area (Å²) in [5, 5.41) is 5.79. The monoisotopic (exact) mass is 392 g/mol. The molecule has 1 aromatic heterocycles. The quantitative estimate of drug-likeness (QED) is 0.560. The molecule has 1 heterocycles. The molecule has 4 rings (SSSR count). The number of carbonyl (C=O) groups is 1. The van der Waals surface area contributed by atoms with Gasteiger partial charge in [0.2, 0.25) is 0 Å². The molecular formula is C23H28N4O2. The first-order valence-electron chi connectivity index (χ1n) is 10.5. The molecule has 0 atom stereocenters. The number of aromatic amines is 1. The summed E-state index contributed by atoms with van der Waals surface area (Å²) in [5.74, 6) is 1.76. The minimum atomic E-state index is -0.181. The Kier molecular flexibility index (Phi) is 6.29. The number of carbonyl (C=O) groups excluding carboxylic acids is 1. The van der Waals surface area contributed by atoms with Crippen LogP contribution >= 0.6 is 0 Å². The first-order valence-corrected chi connectivity index (χ1v) is 10.5. The molecule has 0 unspecified atom stereocenters. The summed E-state index contributed by atoms with van der Waals surface area (Å²) >= 11 is 0. The SMILES string of the molecule is O=C(NCCc1nc2ccccc2[nH]1)NCc1cccc(OC2CCCCC2)c1.